The topological polar surface area (TPSA) is 73.4 Å². The molecule has 0 spiro atoms. The van der Waals surface area contributed by atoms with Crippen molar-refractivity contribution in [1.29, 1.82) is 0 Å². The largest absolute Gasteiger partial charge is 0.497 e. The summed E-state index contributed by atoms with van der Waals surface area (Å²) in [5.41, 5.74) is 0.837. The number of hydrogen-bond acceptors (Lipinski definition) is 8. The maximum atomic E-state index is 13.2. The van der Waals surface area contributed by atoms with E-state index >= 15 is 0 Å². The van der Waals surface area contributed by atoms with E-state index < -0.39 is 0 Å². The number of carbonyl (C=O) groups is 1. The molecule has 0 unspecified atom stereocenters. The summed E-state index contributed by atoms with van der Waals surface area (Å²) in [5.74, 6) is 1.88. The second kappa shape index (κ2) is 10.6. The number of benzene rings is 2. The molecule has 1 aliphatic heterocycles. The second-order valence-corrected chi connectivity index (χ2v) is 8.31. The zero-order valence-electron chi connectivity index (χ0n) is 18.3. The van der Waals surface area contributed by atoms with E-state index in [-0.39, 0.29) is 12.5 Å². The Kier molecular flexibility index (Phi) is 7.41. The van der Waals surface area contributed by atoms with E-state index in [4.69, 9.17) is 23.9 Å². The molecule has 1 saturated heterocycles. The number of carbonyl (C=O) groups excluding carboxylic acids is 1. The minimum atomic E-state index is -0.146. The molecule has 1 amide bonds. The van der Waals surface area contributed by atoms with Gasteiger partial charge in [0.1, 0.15) is 17.2 Å². The van der Waals surface area contributed by atoms with Crippen LogP contribution in [0.4, 0.5) is 5.13 Å². The van der Waals surface area contributed by atoms with Crippen molar-refractivity contribution in [3.63, 3.8) is 0 Å². The van der Waals surface area contributed by atoms with Crippen LogP contribution in [-0.2, 0) is 9.53 Å². The lowest BCUT2D eigenvalue weighted by Gasteiger charge is -2.29. The third-order valence-corrected chi connectivity index (χ3v) is 6.30. The molecule has 1 aliphatic rings. The normalized spacial score (nSPS) is 14.3. The summed E-state index contributed by atoms with van der Waals surface area (Å²) < 4.78 is 22.7. The zero-order valence-corrected chi connectivity index (χ0v) is 19.1. The minimum Gasteiger partial charge on any atom is -0.497 e. The molecule has 170 valence electrons. The average molecular weight is 458 g/mol. The Hall–Kier alpha value is -2.88. The first-order valence-corrected chi connectivity index (χ1v) is 11.3. The number of nitrogens with zero attached hydrogens (tertiary/aromatic N) is 3. The minimum absolute atomic E-state index is 0.0878. The van der Waals surface area contributed by atoms with Crippen LogP contribution in [0.1, 0.15) is 0 Å². The predicted molar refractivity (Wildman–Crippen MR) is 124 cm³/mol. The van der Waals surface area contributed by atoms with Gasteiger partial charge in [0.15, 0.2) is 11.7 Å². The summed E-state index contributed by atoms with van der Waals surface area (Å²) in [6.07, 6.45) is 0. The van der Waals surface area contributed by atoms with Crippen LogP contribution >= 0.6 is 11.3 Å². The molecule has 1 fully saturated rings. The van der Waals surface area contributed by atoms with E-state index in [1.807, 2.05) is 30.3 Å². The number of fused-ring (bicyclic) bond motifs is 1. The number of rotatable bonds is 9. The maximum absolute atomic E-state index is 13.2. The maximum Gasteiger partial charge on any atom is 0.266 e. The Morgan fingerprint density at radius 3 is 2.62 bits per heavy atom. The lowest BCUT2D eigenvalue weighted by atomic mass is 10.3. The Morgan fingerprint density at radius 2 is 1.84 bits per heavy atom. The molecular formula is C23H27N3O5S. The van der Waals surface area contributed by atoms with E-state index in [1.54, 1.807) is 31.3 Å². The average Bonchev–Trinajstić information content (AvgIpc) is 3.26. The number of anilines is 1. The highest BCUT2D eigenvalue weighted by molar-refractivity contribution is 7.22. The molecule has 9 heteroatoms. The van der Waals surface area contributed by atoms with Gasteiger partial charge in [-0.15, -0.1) is 0 Å². The van der Waals surface area contributed by atoms with Gasteiger partial charge in [-0.2, -0.15) is 0 Å². The van der Waals surface area contributed by atoms with Crippen LogP contribution < -0.4 is 19.1 Å². The molecule has 0 saturated carbocycles. The van der Waals surface area contributed by atoms with Gasteiger partial charge in [0.2, 0.25) is 0 Å². The number of aromatic nitrogens is 1. The van der Waals surface area contributed by atoms with Crippen LogP contribution in [0.25, 0.3) is 10.2 Å². The van der Waals surface area contributed by atoms with Crippen molar-refractivity contribution in [2.24, 2.45) is 0 Å². The van der Waals surface area contributed by atoms with Crippen molar-refractivity contribution >= 4 is 32.6 Å². The summed E-state index contributed by atoms with van der Waals surface area (Å²) in [5, 5.41) is 0.653. The number of methoxy groups -OCH3 is 2. The van der Waals surface area contributed by atoms with Crippen LogP contribution in [0.2, 0.25) is 0 Å². The van der Waals surface area contributed by atoms with Gasteiger partial charge in [0, 0.05) is 32.2 Å². The quantitative estimate of drug-likeness (QED) is 0.489. The zero-order chi connectivity index (χ0) is 22.3. The molecule has 0 atom stereocenters. The SMILES string of the molecule is COc1cccc(OCC(=O)N(CCN2CCOCC2)c2nc3ccc(OC)cc3s2)c1. The number of morpholine rings is 1. The highest BCUT2D eigenvalue weighted by Gasteiger charge is 2.22. The van der Waals surface area contributed by atoms with Crippen molar-refractivity contribution in [3.8, 4) is 17.2 Å². The van der Waals surface area contributed by atoms with Crippen molar-refractivity contribution in [2.75, 3.05) is 65.1 Å². The summed E-state index contributed by atoms with van der Waals surface area (Å²) in [7, 11) is 3.23. The highest BCUT2D eigenvalue weighted by atomic mass is 32.1. The molecule has 1 aromatic heterocycles. The summed E-state index contributed by atoms with van der Waals surface area (Å²) >= 11 is 1.47. The third-order valence-electron chi connectivity index (χ3n) is 5.26. The Labute approximate surface area is 191 Å². The fourth-order valence-electron chi connectivity index (χ4n) is 3.44. The molecule has 0 bridgehead atoms. The first kappa shape index (κ1) is 22.3. The van der Waals surface area contributed by atoms with E-state index in [0.29, 0.717) is 36.4 Å². The van der Waals surface area contributed by atoms with Crippen molar-refractivity contribution in [2.45, 2.75) is 0 Å². The van der Waals surface area contributed by atoms with Crippen molar-refractivity contribution in [1.82, 2.24) is 9.88 Å². The predicted octanol–water partition coefficient (Wildman–Crippen LogP) is 3.06. The van der Waals surface area contributed by atoms with Crippen LogP contribution in [0.3, 0.4) is 0 Å². The molecule has 0 aliphatic carbocycles. The number of hydrogen-bond donors (Lipinski definition) is 0. The second-order valence-electron chi connectivity index (χ2n) is 7.30. The van der Waals surface area contributed by atoms with Crippen LogP contribution in [0.5, 0.6) is 17.2 Å². The Morgan fingerprint density at radius 1 is 1.09 bits per heavy atom. The fraction of sp³-hybridized carbons (Fsp3) is 0.391. The summed E-state index contributed by atoms with van der Waals surface area (Å²) in [6.45, 7) is 4.33. The van der Waals surface area contributed by atoms with Gasteiger partial charge >= 0.3 is 0 Å². The number of amides is 1. The van der Waals surface area contributed by atoms with Crippen molar-refractivity contribution in [3.05, 3.63) is 42.5 Å². The molecule has 4 rings (SSSR count). The van der Waals surface area contributed by atoms with E-state index in [2.05, 4.69) is 4.90 Å². The van der Waals surface area contributed by atoms with E-state index in [0.717, 1.165) is 35.6 Å². The van der Waals surface area contributed by atoms with Crippen LogP contribution in [0.15, 0.2) is 42.5 Å². The van der Waals surface area contributed by atoms with Crippen molar-refractivity contribution < 1.29 is 23.7 Å². The van der Waals surface area contributed by atoms with Gasteiger partial charge in [0.05, 0.1) is 37.6 Å². The monoisotopic (exact) mass is 457 g/mol. The van der Waals surface area contributed by atoms with Gasteiger partial charge in [-0.1, -0.05) is 17.4 Å². The van der Waals surface area contributed by atoms with Crippen LogP contribution in [0, 0.1) is 0 Å². The molecule has 0 radical (unpaired) electrons. The summed E-state index contributed by atoms with van der Waals surface area (Å²) in [4.78, 5) is 21.9. The summed E-state index contributed by atoms with van der Waals surface area (Å²) in [6, 6.07) is 12.9. The smallest absolute Gasteiger partial charge is 0.266 e. The van der Waals surface area contributed by atoms with E-state index in [9.17, 15) is 4.79 Å². The molecule has 8 nitrogen and oxygen atoms in total. The lowest BCUT2D eigenvalue weighted by Crippen LogP contribution is -2.44. The molecule has 32 heavy (non-hydrogen) atoms. The van der Waals surface area contributed by atoms with Gasteiger partial charge in [-0.3, -0.25) is 14.6 Å². The van der Waals surface area contributed by atoms with Crippen LogP contribution in [-0.4, -0.2) is 76.0 Å². The lowest BCUT2D eigenvalue weighted by molar-refractivity contribution is -0.120. The van der Waals surface area contributed by atoms with Gasteiger partial charge in [0.25, 0.3) is 5.91 Å². The first-order valence-electron chi connectivity index (χ1n) is 10.5. The molecule has 0 N–H and O–H groups in total. The van der Waals surface area contributed by atoms with Gasteiger partial charge in [-0.05, 0) is 30.3 Å². The highest BCUT2D eigenvalue weighted by Crippen LogP contribution is 2.31. The fourth-order valence-corrected chi connectivity index (χ4v) is 4.48. The molecule has 2 aromatic carbocycles. The number of ether oxygens (including phenoxy) is 4. The first-order chi connectivity index (χ1) is 15.7. The molecule has 2 heterocycles. The molecular weight excluding hydrogens is 430 g/mol. The standard InChI is InChI=1S/C23H27N3O5S/c1-28-17-4-3-5-19(14-17)31-16-22(27)26(9-8-25-10-12-30-13-11-25)23-24-20-7-6-18(29-2)15-21(20)32-23/h3-7,14-15H,8-13,16H2,1-2H3. The third kappa shape index (κ3) is 5.48. The number of thiazole rings is 1. The van der Waals surface area contributed by atoms with E-state index in [1.165, 1.54) is 11.3 Å². The van der Waals surface area contributed by atoms with Gasteiger partial charge in [-0.25, -0.2) is 4.98 Å². The van der Waals surface area contributed by atoms with Gasteiger partial charge < -0.3 is 18.9 Å². The Bertz CT molecular complexity index is 1050. The molecule has 3 aromatic rings. The Balaban J connectivity index is 1.51.